The van der Waals surface area contributed by atoms with Gasteiger partial charge in [0.25, 0.3) is 0 Å². The number of hydrogen-bond acceptors (Lipinski definition) is 4. The molecule has 0 fully saturated rings. The number of nitrogens with one attached hydrogen (secondary N) is 1. The molecule has 32 heavy (non-hydrogen) atoms. The lowest BCUT2D eigenvalue weighted by Crippen LogP contribution is -2.32. The maximum Gasteiger partial charge on any atom is 0.233 e. The Morgan fingerprint density at radius 2 is 1.94 bits per heavy atom. The molecule has 0 atom stereocenters. The monoisotopic (exact) mass is 535 g/mol. The van der Waals surface area contributed by atoms with Crippen LogP contribution >= 0.6 is 22.6 Å². The number of pyridine rings is 1. The third kappa shape index (κ3) is 4.72. The van der Waals surface area contributed by atoms with Gasteiger partial charge in [0.05, 0.1) is 18.7 Å². The van der Waals surface area contributed by atoms with Crippen molar-refractivity contribution >= 4 is 51.6 Å². The molecule has 7 heteroatoms. The zero-order valence-electron chi connectivity index (χ0n) is 17.3. The van der Waals surface area contributed by atoms with Crippen LogP contribution in [0.25, 0.3) is 11.2 Å². The molecule has 6 nitrogen and oxygen atoms in total. The first-order chi connectivity index (χ1) is 15.6. The second-order valence-corrected chi connectivity index (χ2v) is 8.52. The number of hydrogen-bond donors (Lipinski definition) is 2. The van der Waals surface area contributed by atoms with Gasteiger partial charge in [-0.1, -0.05) is 30.3 Å². The van der Waals surface area contributed by atoms with Crippen LogP contribution < -0.4 is 10.6 Å². The van der Waals surface area contributed by atoms with E-state index in [1.54, 1.807) is 11.1 Å². The number of carbonyl (C=O) groups excluding carboxylic acids is 1. The van der Waals surface area contributed by atoms with Crippen molar-refractivity contribution in [3.05, 3.63) is 106 Å². The zero-order valence-corrected chi connectivity index (χ0v) is 19.4. The predicted molar refractivity (Wildman–Crippen MR) is 137 cm³/mol. The third-order valence-corrected chi connectivity index (χ3v) is 5.88. The van der Waals surface area contributed by atoms with E-state index in [-0.39, 0.29) is 12.3 Å². The lowest BCUT2D eigenvalue weighted by molar-refractivity contribution is -0.118. The molecule has 2 aromatic heterocycles. The summed E-state index contributed by atoms with van der Waals surface area (Å²) in [4.78, 5) is 19.7. The summed E-state index contributed by atoms with van der Waals surface area (Å²) in [6.45, 7) is 0.454. The molecular formula is C25H22IN5O. The number of carbonyl (C=O) groups is 1. The van der Waals surface area contributed by atoms with Crippen LogP contribution in [0.3, 0.4) is 0 Å². The normalized spacial score (nSPS) is 11.5. The standard InChI is InChI=1S/C25H22IN5O/c26-21-5-3-4-18(12-21)17-31(22-9-7-19(8-10-22)20(14-27)15-28)25(32)13-23-16-29-24-6-1-2-11-30(23)24/h1-12,14-16,27H,13,17,28H2. The number of nitrogens with two attached hydrogens (primary N) is 1. The van der Waals surface area contributed by atoms with Crippen LogP contribution in [0.15, 0.2) is 85.3 Å². The Kier molecular flexibility index (Phi) is 6.65. The molecule has 3 N–H and O–H groups in total. The van der Waals surface area contributed by atoms with Crippen molar-refractivity contribution in [2.75, 3.05) is 4.90 Å². The summed E-state index contributed by atoms with van der Waals surface area (Å²) in [7, 11) is 0. The van der Waals surface area contributed by atoms with Crippen molar-refractivity contribution in [1.82, 2.24) is 9.38 Å². The number of rotatable bonds is 7. The number of benzene rings is 2. The SMILES string of the molecule is N=CC(=CN)c1ccc(N(Cc2cccc(I)c2)C(=O)Cc2cnc3ccccn23)cc1. The largest absolute Gasteiger partial charge is 0.404 e. The Bertz CT molecular complexity index is 1290. The van der Waals surface area contributed by atoms with Gasteiger partial charge in [-0.3, -0.25) is 4.79 Å². The fraction of sp³-hybridized carbons (Fsp3) is 0.0800. The van der Waals surface area contributed by atoms with E-state index in [4.69, 9.17) is 11.1 Å². The summed E-state index contributed by atoms with van der Waals surface area (Å²) < 4.78 is 3.06. The quantitative estimate of drug-likeness (QED) is 0.267. The van der Waals surface area contributed by atoms with E-state index in [9.17, 15) is 4.79 Å². The topological polar surface area (TPSA) is 87.5 Å². The summed E-state index contributed by atoms with van der Waals surface area (Å²) >= 11 is 2.28. The van der Waals surface area contributed by atoms with Crippen molar-refractivity contribution < 1.29 is 4.79 Å². The highest BCUT2D eigenvalue weighted by Crippen LogP contribution is 2.23. The van der Waals surface area contributed by atoms with E-state index in [0.717, 1.165) is 31.7 Å². The zero-order chi connectivity index (χ0) is 22.5. The van der Waals surface area contributed by atoms with Crippen LogP contribution in [-0.4, -0.2) is 21.5 Å². The van der Waals surface area contributed by atoms with Crippen molar-refractivity contribution in [1.29, 1.82) is 5.41 Å². The molecule has 0 aliphatic heterocycles. The molecule has 4 rings (SSSR count). The molecule has 0 radical (unpaired) electrons. The van der Waals surface area contributed by atoms with Crippen molar-refractivity contribution in [2.24, 2.45) is 5.73 Å². The molecule has 0 aliphatic carbocycles. The van der Waals surface area contributed by atoms with Gasteiger partial charge in [0.15, 0.2) is 0 Å². The van der Waals surface area contributed by atoms with Gasteiger partial charge < -0.3 is 20.4 Å². The molecule has 1 amide bonds. The van der Waals surface area contributed by atoms with Crippen LogP contribution in [0, 0.1) is 8.98 Å². The molecule has 0 unspecified atom stereocenters. The number of fused-ring (bicyclic) bond motifs is 1. The maximum atomic E-state index is 13.5. The van der Waals surface area contributed by atoms with Crippen LogP contribution in [-0.2, 0) is 17.8 Å². The predicted octanol–water partition coefficient (Wildman–Crippen LogP) is 4.66. The van der Waals surface area contributed by atoms with Gasteiger partial charge in [0.2, 0.25) is 5.91 Å². The Labute approximate surface area is 200 Å². The first kappa shape index (κ1) is 21.8. The van der Waals surface area contributed by atoms with Crippen LogP contribution in [0.4, 0.5) is 5.69 Å². The number of allylic oxidation sites excluding steroid dienone is 1. The van der Waals surface area contributed by atoms with E-state index in [0.29, 0.717) is 12.1 Å². The average Bonchev–Trinajstić information content (AvgIpc) is 3.22. The highest BCUT2D eigenvalue weighted by Gasteiger charge is 2.19. The number of amides is 1. The first-order valence-corrected chi connectivity index (χ1v) is 11.2. The minimum Gasteiger partial charge on any atom is -0.404 e. The highest BCUT2D eigenvalue weighted by atomic mass is 127. The third-order valence-electron chi connectivity index (χ3n) is 5.20. The molecule has 0 bridgehead atoms. The second kappa shape index (κ2) is 9.78. The fourth-order valence-electron chi connectivity index (χ4n) is 3.57. The van der Waals surface area contributed by atoms with Crippen molar-refractivity contribution in [3.63, 3.8) is 0 Å². The molecule has 0 saturated heterocycles. The maximum absolute atomic E-state index is 13.5. The highest BCUT2D eigenvalue weighted by molar-refractivity contribution is 14.1. The molecule has 0 aliphatic rings. The summed E-state index contributed by atoms with van der Waals surface area (Å²) in [6, 6.07) is 21.4. The van der Waals surface area contributed by atoms with Gasteiger partial charge in [-0.15, -0.1) is 0 Å². The molecule has 2 aromatic carbocycles. The van der Waals surface area contributed by atoms with Gasteiger partial charge in [0, 0.05) is 39.6 Å². The van der Waals surface area contributed by atoms with E-state index in [2.05, 4.69) is 33.6 Å². The van der Waals surface area contributed by atoms with Crippen molar-refractivity contribution in [2.45, 2.75) is 13.0 Å². The Hall–Kier alpha value is -3.46. The lowest BCUT2D eigenvalue weighted by Gasteiger charge is -2.23. The first-order valence-electron chi connectivity index (χ1n) is 10.1. The van der Waals surface area contributed by atoms with Gasteiger partial charge in [0.1, 0.15) is 5.65 Å². The number of imidazole rings is 1. The smallest absolute Gasteiger partial charge is 0.233 e. The Balaban J connectivity index is 1.66. The fourth-order valence-corrected chi connectivity index (χ4v) is 4.18. The Morgan fingerprint density at radius 1 is 1.12 bits per heavy atom. The minimum atomic E-state index is -0.0242. The van der Waals surface area contributed by atoms with Crippen LogP contribution in [0.2, 0.25) is 0 Å². The molecular weight excluding hydrogens is 513 g/mol. The molecule has 0 spiro atoms. The summed E-state index contributed by atoms with van der Waals surface area (Å²) in [5, 5.41) is 7.50. The van der Waals surface area contributed by atoms with Gasteiger partial charge >= 0.3 is 0 Å². The number of anilines is 1. The lowest BCUT2D eigenvalue weighted by atomic mass is 10.1. The molecule has 160 valence electrons. The molecule has 4 aromatic rings. The number of halogens is 1. The van der Waals surface area contributed by atoms with Crippen LogP contribution in [0.1, 0.15) is 16.8 Å². The van der Waals surface area contributed by atoms with E-state index in [1.807, 2.05) is 71.3 Å². The summed E-state index contributed by atoms with van der Waals surface area (Å²) in [5.41, 5.74) is 10.6. The number of aromatic nitrogens is 2. The summed E-state index contributed by atoms with van der Waals surface area (Å²) in [6.07, 6.45) is 6.52. The molecule has 2 heterocycles. The minimum absolute atomic E-state index is 0.0242. The second-order valence-electron chi connectivity index (χ2n) is 7.28. The summed E-state index contributed by atoms with van der Waals surface area (Å²) in [5.74, 6) is -0.0242. The van der Waals surface area contributed by atoms with Crippen LogP contribution in [0.5, 0.6) is 0 Å². The molecule has 0 saturated carbocycles. The average molecular weight is 535 g/mol. The number of nitrogens with zero attached hydrogens (tertiary/aromatic N) is 3. The van der Waals surface area contributed by atoms with E-state index < -0.39 is 0 Å². The van der Waals surface area contributed by atoms with Gasteiger partial charge in [-0.25, -0.2) is 4.98 Å². The van der Waals surface area contributed by atoms with Crippen molar-refractivity contribution in [3.8, 4) is 0 Å². The Morgan fingerprint density at radius 3 is 2.66 bits per heavy atom. The van der Waals surface area contributed by atoms with Gasteiger partial charge in [-0.2, -0.15) is 0 Å². The van der Waals surface area contributed by atoms with E-state index in [1.165, 1.54) is 12.4 Å². The van der Waals surface area contributed by atoms with E-state index >= 15 is 0 Å². The van der Waals surface area contributed by atoms with Gasteiger partial charge in [-0.05, 0) is 70.1 Å².